The first-order chi connectivity index (χ1) is 11.6. The third kappa shape index (κ3) is 4.46. The summed E-state index contributed by atoms with van der Waals surface area (Å²) in [4.78, 5) is 38.5. The zero-order chi connectivity index (χ0) is 18.8. The van der Waals surface area contributed by atoms with Crippen LogP contribution in [0.2, 0.25) is 0 Å². The van der Waals surface area contributed by atoms with Crippen LogP contribution in [0.15, 0.2) is 24.3 Å². The highest BCUT2D eigenvalue weighted by molar-refractivity contribution is 5.90. The minimum atomic E-state index is -0.487. The number of hydrogen-bond donors (Lipinski definition) is 1. The Bertz CT molecular complexity index is 666. The fraction of sp³-hybridized carbons (Fsp3) is 0.529. The fourth-order valence-electron chi connectivity index (χ4n) is 2.78. The second-order valence-corrected chi connectivity index (χ2v) is 7.28. The molecule has 136 valence electrons. The van der Waals surface area contributed by atoms with Crippen LogP contribution in [0.25, 0.3) is 0 Å². The van der Waals surface area contributed by atoms with Crippen LogP contribution in [0, 0.1) is 15.5 Å². The summed E-state index contributed by atoms with van der Waals surface area (Å²) in [6, 6.07) is 5.31. The van der Waals surface area contributed by atoms with Crippen LogP contribution in [-0.2, 0) is 4.79 Å². The molecule has 1 aliphatic heterocycles. The zero-order valence-electron chi connectivity index (χ0n) is 15.0. The van der Waals surface area contributed by atoms with Gasteiger partial charge in [0.05, 0.1) is 4.92 Å². The third-order valence-corrected chi connectivity index (χ3v) is 4.15. The van der Waals surface area contributed by atoms with Gasteiger partial charge in [-0.05, 0) is 19.1 Å². The fourth-order valence-corrected chi connectivity index (χ4v) is 2.78. The van der Waals surface area contributed by atoms with Gasteiger partial charge in [-0.3, -0.25) is 14.9 Å². The van der Waals surface area contributed by atoms with Crippen LogP contribution >= 0.6 is 0 Å². The molecule has 0 bridgehead atoms. The molecular formula is C17H24N4O4. The highest BCUT2D eigenvalue weighted by Crippen LogP contribution is 2.21. The monoisotopic (exact) mass is 348 g/mol. The molecule has 2 rings (SSSR count). The van der Waals surface area contributed by atoms with Crippen molar-refractivity contribution in [2.45, 2.75) is 33.7 Å². The number of nitro groups is 1. The second-order valence-electron chi connectivity index (χ2n) is 7.28. The van der Waals surface area contributed by atoms with Crippen LogP contribution < -0.4 is 5.32 Å². The van der Waals surface area contributed by atoms with Crippen molar-refractivity contribution in [3.05, 3.63) is 34.4 Å². The molecule has 1 aliphatic rings. The van der Waals surface area contributed by atoms with E-state index in [4.69, 9.17) is 0 Å². The van der Waals surface area contributed by atoms with Gasteiger partial charge in [0.2, 0.25) is 5.91 Å². The van der Waals surface area contributed by atoms with E-state index in [0.29, 0.717) is 25.3 Å². The van der Waals surface area contributed by atoms with E-state index in [9.17, 15) is 19.7 Å². The van der Waals surface area contributed by atoms with Crippen LogP contribution in [0.5, 0.6) is 0 Å². The van der Waals surface area contributed by atoms with Gasteiger partial charge in [0.15, 0.2) is 0 Å². The summed E-state index contributed by atoms with van der Waals surface area (Å²) in [6.45, 7) is 8.98. The van der Waals surface area contributed by atoms with Gasteiger partial charge in [0.25, 0.3) is 5.69 Å². The molecule has 8 heteroatoms. The molecule has 1 N–H and O–H groups in total. The molecule has 0 aromatic heterocycles. The van der Waals surface area contributed by atoms with Crippen molar-refractivity contribution in [2.24, 2.45) is 5.41 Å². The predicted octanol–water partition coefficient (Wildman–Crippen LogP) is 2.71. The Balaban J connectivity index is 1.97. The van der Waals surface area contributed by atoms with Crippen molar-refractivity contribution < 1.29 is 14.5 Å². The average molecular weight is 348 g/mol. The number of piperazine rings is 1. The van der Waals surface area contributed by atoms with Gasteiger partial charge in [0, 0.05) is 48.9 Å². The Hall–Kier alpha value is -2.64. The van der Waals surface area contributed by atoms with Gasteiger partial charge < -0.3 is 15.1 Å². The van der Waals surface area contributed by atoms with Crippen molar-refractivity contribution in [2.75, 3.05) is 25.0 Å². The lowest BCUT2D eigenvalue weighted by molar-refractivity contribution is -0.384. The SMILES string of the molecule is CC1CN(C(=O)C(C)(C)C)CCN1C(=O)Nc1ccc([N+](=O)[O-])cc1. The van der Waals surface area contributed by atoms with E-state index in [1.807, 2.05) is 27.7 Å². The van der Waals surface area contributed by atoms with Gasteiger partial charge in [-0.1, -0.05) is 20.8 Å². The number of carbonyl (C=O) groups is 2. The third-order valence-electron chi connectivity index (χ3n) is 4.15. The summed E-state index contributed by atoms with van der Waals surface area (Å²) >= 11 is 0. The molecule has 1 aromatic carbocycles. The number of nitro benzene ring substituents is 1. The molecule has 1 heterocycles. The molecule has 8 nitrogen and oxygen atoms in total. The van der Waals surface area contributed by atoms with E-state index in [0.717, 1.165) is 0 Å². The first kappa shape index (κ1) is 18.7. The van der Waals surface area contributed by atoms with Crippen LogP contribution in [0.4, 0.5) is 16.2 Å². The largest absolute Gasteiger partial charge is 0.338 e. The Kier molecular flexibility index (Phi) is 5.30. The number of carbonyl (C=O) groups excluding carboxylic acids is 2. The maximum absolute atomic E-state index is 12.4. The van der Waals surface area contributed by atoms with E-state index in [1.54, 1.807) is 9.80 Å². The van der Waals surface area contributed by atoms with Gasteiger partial charge in [0.1, 0.15) is 0 Å². The Labute approximate surface area is 146 Å². The highest BCUT2D eigenvalue weighted by Gasteiger charge is 2.34. The number of amides is 3. The Morgan fingerprint density at radius 1 is 1.20 bits per heavy atom. The van der Waals surface area contributed by atoms with E-state index >= 15 is 0 Å². The number of nitrogens with one attached hydrogen (secondary N) is 1. The highest BCUT2D eigenvalue weighted by atomic mass is 16.6. The van der Waals surface area contributed by atoms with E-state index in [1.165, 1.54) is 24.3 Å². The summed E-state index contributed by atoms with van der Waals surface area (Å²) in [5, 5.41) is 13.4. The molecule has 3 amide bonds. The van der Waals surface area contributed by atoms with Crippen molar-refractivity contribution in [1.82, 2.24) is 9.80 Å². The van der Waals surface area contributed by atoms with Gasteiger partial charge in [-0.25, -0.2) is 4.79 Å². The predicted molar refractivity (Wildman–Crippen MR) is 94.3 cm³/mol. The van der Waals surface area contributed by atoms with Gasteiger partial charge >= 0.3 is 6.03 Å². The summed E-state index contributed by atoms with van der Waals surface area (Å²) in [7, 11) is 0. The number of rotatable bonds is 2. The minimum Gasteiger partial charge on any atom is -0.338 e. The number of nitrogens with zero attached hydrogens (tertiary/aromatic N) is 3. The molecule has 1 fully saturated rings. The second kappa shape index (κ2) is 7.08. The standard InChI is InChI=1S/C17H24N4O4/c1-12-11-19(15(22)17(2,3)4)9-10-20(12)16(23)18-13-5-7-14(8-6-13)21(24)25/h5-8,12H,9-11H2,1-4H3,(H,18,23). The van der Waals surface area contributed by atoms with Crippen LogP contribution in [0.3, 0.4) is 0 Å². The smallest absolute Gasteiger partial charge is 0.322 e. The lowest BCUT2D eigenvalue weighted by atomic mass is 9.94. The zero-order valence-corrected chi connectivity index (χ0v) is 15.0. The summed E-state index contributed by atoms with van der Waals surface area (Å²) < 4.78 is 0. The molecule has 1 saturated heterocycles. The number of non-ortho nitro benzene ring substituents is 1. The lowest BCUT2D eigenvalue weighted by Crippen LogP contribution is -2.58. The van der Waals surface area contributed by atoms with Crippen molar-refractivity contribution >= 4 is 23.3 Å². The van der Waals surface area contributed by atoms with Crippen molar-refractivity contribution in [3.8, 4) is 0 Å². The van der Waals surface area contributed by atoms with Crippen LogP contribution in [0.1, 0.15) is 27.7 Å². The maximum Gasteiger partial charge on any atom is 0.322 e. The van der Waals surface area contributed by atoms with Gasteiger partial charge in [-0.2, -0.15) is 0 Å². The molecular weight excluding hydrogens is 324 g/mol. The molecule has 25 heavy (non-hydrogen) atoms. The summed E-state index contributed by atoms with van der Waals surface area (Å²) in [5.74, 6) is 0.0785. The molecule has 0 radical (unpaired) electrons. The lowest BCUT2D eigenvalue weighted by Gasteiger charge is -2.41. The van der Waals surface area contributed by atoms with Crippen LogP contribution in [-0.4, -0.2) is 52.3 Å². The number of hydrogen-bond acceptors (Lipinski definition) is 4. The first-order valence-corrected chi connectivity index (χ1v) is 8.21. The minimum absolute atomic E-state index is 0.0272. The molecule has 1 unspecified atom stereocenters. The summed E-state index contributed by atoms with van der Waals surface area (Å²) in [5.41, 5.74) is 0.0276. The molecule has 0 aliphatic carbocycles. The number of benzene rings is 1. The Morgan fingerprint density at radius 3 is 2.28 bits per heavy atom. The number of urea groups is 1. The topological polar surface area (TPSA) is 95.8 Å². The first-order valence-electron chi connectivity index (χ1n) is 8.21. The van der Waals surface area contributed by atoms with E-state index in [-0.39, 0.29) is 23.7 Å². The summed E-state index contributed by atoms with van der Waals surface area (Å²) in [6.07, 6.45) is 0. The van der Waals surface area contributed by atoms with Gasteiger partial charge in [-0.15, -0.1) is 0 Å². The molecule has 0 spiro atoms. The maximum atomic E-state index is 12.4. The van der Waals surface area contributed by atoms with E-state index in [2.05, 4.69) is 5.32 Å². The number of anilines is 1. The van der Waals surface area contributed by atoms with Crippen molar-refractivity contribution in [3.63, 3.8) is 0 Å². The molecule has 0 saturated carbocycles. The molecule has 1 atom stereocenters. The normalized spacial score (nSPS) is 18.0. The van der Waals surface area contributed by atoms with Crippen molar-refractivity contribution in [1.29, 1.82) is 0 Å². The Morgan fingerprint density at radius 2 is 1.80 bits per heavy atom. The average Bonchev–Trinajstić information content (AvgIpc) is 2.53. The van der Waals surface area contributed by atoms with E-state index < -0.39 is 10.3 Å². The quantitative estimate of drug-likeness (QED) is 0.656. The molecule has 1 aromatic rings.